The predicted octanol–water partition coefficient (Wildman–Crippen LogP) is 2.70. The number of hydrogen-bond acceptors (Lipinski definition) is 3. The van der Waals surface area contributed by atoms with Gasteiger partial charge in [0.05, 0.1) is 11.3 Å². The lowest BCUT2D eigenvalue weighted by molar-refractivity contribution is 0.0698. The third kappa shape index (κ3) is 3.38. The second-order valence-electron chi connectivity index (χ2n) is 4.78. The summed E-state index contributed by atoms with van der Waals surface area (Å²) in [5, 5.41) is 16.6. The summed E-state index contributed by atoms with van der Waals surface area (Å²) in [5.41, 5.74) is 3.13. The maximum atomic E-state index is 11.1. The average Bonchev–Trinajstić information content (AvgIpc) is 2.73. The number of nitrogens with one attached hydrogen (secondary N) is 1. The highest BCUT2D eigenvalue weighted by atomic mass is 16.4. The minimum absolute atomic E-state index is 0.304. The number of carbonyl (C=O) groups is 1. The Hall–Kier alpha value is -2.30. The molecule has 5 heteroatoms. The normalized spacial score (nSPS) is 10.5. The van der Waals surface area contributed by atoms with E-state index in [1.165, 1.54) is 0 Å². The number of para-hydroxylation sites is 1. The third-order valence-electron chi connectivity index (χ3n) is 3.12. The van der Waals surface area contributed by atoms with E-state index >= 15 is 0 Å². The summed E-state index contributed by atoms with van der Waals surface area (Å²) >= 11 is 0. The van der Waals surface area contributed by atoms with E-state index in [1.807, 2.05) is 30.7 Å². The van der Waals surface area contributed by atoms with Gasteiger partial charge in [0.1, 0.15) is 0 Å². The molecule has 20 heavy (non-hydrogen) atoms. The molecule has 2 rings (SSSR count). The minimum Gasteiger partial charge on any atom is -0.478 e. The van der Waals surface area contributed by atoms with Crippen LogP contribution in [-0.2, 0) is 6.54 Å². The predicted molar refractivity (Wildman–Crippen MR) is 78.2 cm³/mol. The van der Waals surface area contributed by atoms with Crippen molar-refractivity contribution in [3.05, 3.63) is 47.3 Å². The van der Waals surface area contributed by atoms with Crippen LogP contribution in [0.3, 0.4) is 0 Å². The Morgan fingerprint density at radius 3 is 2.75 bits per heavy atom. The molecule has 0 radical (unpaired) electrons. The number of carboxylic acid groups (broad SMARTS) is 1. The number of nitrogens with zero attached hydrogens (tertiary/aromatic N) is 2. The van der Waals surface area contributed by atoms with Gasteiger partial charge in [0.15, 0.2) is 0 Å². The lowest BCUT2D eigenvalue weighted by Crippen LogP contribution is -2.11. The molecule has 0 bridgehead atoms. The Morgan fingerprint density at radius 1 is 1.35 bits per heavy atom. The van der Waals surface area contributed by atoms with E-state index in [0.29, 0.717) is 17.8 Å². The van der Waals surface area contributed by atoms with Crippen LogP contribution in [0.2, 0.25) is 0 Å². The summed E-state index contributed by atoms with van der Waals surface area (Å²) < 4.78 is 1.97. The molecule has 0 aliphatic carbocycles. The second-order valence-corrected chi connectivity index (χ2v) is 4.78. The van der Waals surface area contributed by atoms with Crippen LogP contribution in [0.4, 0.5) is 5.69 Å². The van der Waals surface area contributed by atoms with Crippen molar-refractivity contribution in [2.75, 3.05) is 11.9 Å². The third-order valence-corrected chi connectivity index (χ3v) is 3.12. The van der Waals surface area contributed by atoms with Gasteiger partial charge in [-0.05, 0) is 38.5 Å². The van der Waals surface area contributed by atoms with Gasteiger partial charge in [-0.15, -0.1) is 0 Å². The number of carboxylic acids is 1. The summed E-state index contributed by atoms with van der Waals surface area (Å²) in [6.45, 7) is 5.54. The van der Waals surface area contributed by atoms with E-state index in [1.54, 1.807) is 18.2 Å². The Labute approximate surface area is 118 Å². The molecular formula is C15H19N3O2. The smallest absolute Gasteiger partial charge is 0.337 e. The molecule has 0 saturated heterocycles. The number of anilines is 1. The van der Waals surface area contributed by atoms with Crippen LogP contribution in [0.5, 0.6) is 0 Å². The largest absolute Gasteiger partial charge is 0.478 e. The number of benzene rings is 1. The first-order chi connectivity index (χ1) is 9.58. The van der Waals surface area contributed by atoms with Crippen LogP contribution in [0.15, 0.2) is 30.3 Å². The Morgan fingerprint density at radius 2 is 2.10 bits per heavy atom. The maximum absolute atomic E-state index is 11.1. The lowest BCUT2D eigenvalue weighted by Gasteiger charge is -2.10. The molecule has 5 nitrogen and oxygen atoms in total. The van der Waals surface area contributed by atoms with Crippen molar-refractivity contribution in [2.24, 2.45) is 0 Å². The Kier molecular flexibility index (Phi) is 4.40. The summed E-state index contributed by atoms with van der Waals surface area (Å²) in [5.74, 6) is -0.911. The summed E-state index contributed by atoms with van der Waals surface area (Å²) in [6, 6.07) is 8.99. The van der Waals surface area contributed by atoms with E-state index in [-0.39, 0.29) is 0 Å². The van der Waals surface area contributed by atoms with E-state index < -0.39 is 5.97 Å². The molecule has 106 valence electrons. The quantitative estimate of drug-likeness (QED) is 0.794. The number of aryl methyl sites for hydroxylation is 3. The van der Waals surface area contributed by atoms with Crippen molar-refractivity contribution >= 4 is 11.7 Å². The minimum atomic E-state index is -0.911. The average molecular weight is 273 g/mol. The molecule has 0 saturated carbocycles. The summed E-state index contributed by atoms with van der Waals surface area (Å²) in [6.07, 6.45) is 0.885. The fourth-order valence-electron chi connectivity index (χ4n) is 2.18. The molecule has 0 amide bonds. The van der Waals surface area contributed by atoms with Crippen molar-refractivity contribution in [1.29, 1.82) is 0 Å². The van der Waals surface area contributed by atoms with Crippen LogP contribution < -0.4 is 5.32 Å². The van der Waals surface area contributed by atoms with Crippen LogP contribution in [-0.4, -0.2) is 27.4 Å². The highest BCUT2D eigenvalue weighted by molar-refractivity contribution is 5.94. The molecule has 0 atom stereocenters. The van der Waals surface area contributed by atoms with E-state index in [4.69, 9.17) is 5.11 Å². The highest BCUT2D eigenvalue weighted by Gasteiger charge is 2.08. The first kappa shape index (κ1) is 14.1. The first-order valence-corrected chi connectivity index (χ1v) is 6.65. The van der Waals surface area contributed by atoms with Crippen LogP contribution >= 0.6 is 0 Å². The highest BCUT2D eigenvalue weighted by Crippen LogP contribution is 2.14. The van der Waals surface area contributed by atoms with Gasteiger partial charge in [0.25, 0.3) is 0 Å². The van der Waals surface area contributed by atoms with Crippen LogP contribution in [0.25, 0.3) is 0 Å². The molecular weight excluding hydrogens is 254 g/mol. The molecule has 0 spiro atoms. The van der Waals surface area contributed by atoms with Crippen molar-refractivity contribution in [1.82, 2.24) is 9.78 Å². The van der Waals surface area contributed by atoms with E-state index in [9.17, 15) is 4.79 Å². The molecule has 0 aliphatic rings. The van der Waals surface area contributed by atoms with Gasteiger partial charge in [-0.2, -0.15) is 5.10 Å². The Bertz CT molecular complexity index is 605. The van der Waals surface area contributed by atoms with Crippen molar-refractivity contribution in [3.63, 3.8) is 0 Å². The standard InChI is InChI=1S/C15H19N3O2/c1-11-10-12(2)18(17-11)9-5-8-16-14-7-4-3-6-13(14)15(19)20/h3-4,6-7,10,16H,5,8-9H2,1-2H3,(H,19,20). The van der Waals surface area contributed by atoms with Gasteiger partial charge in [-0.3, -0.25) is 4.68 Å². The second kappa shape index (κ2) is 6.23. The topological polar surface area (TPSA) is 67.2 Å². The van der Waals surface area contributed by atoms with Crippen molar-refractivity contribution in [3.8, 4) is 0 Å². The van der Waals surface area contributed by atoms with Gasteiger partial charge in [-0.1, -0.05) is 12.1 Å². The van der Waals surface area contributed by atoms with Crippen molar-refractivity contribution < 1.29 is 9.90 Å². The maximum Gasteiger partial charge on any atom is 0.337 e. The zero-order valence-corrected chi connectivity index (χ0v) is 11.8. The van der Waals surface area contributed by atoms with Crippen LogP contribution in [0, 0.1) is 13.8 Å². The van der Waals surface area contributed by atoms with Crippen LogP contribution in [0.1, 0.15) is 28.2 Å². The zero-order chi connectivity index (χ0) is 14.5. The molecule has 0 fully saturated rings. The number of aromatic carboxylic acids is 1. The number of aromatic nitrogens is 2. The Balaban J connectivity index is 1.88. The SMILES string of the molecule is Cc1cc(C)n(CCCNc2ccccc2C(=O)O)n1. The van der Waals surface area contributed by atoms with E-state index in [0.717, 1.165) is 24.4 Å². The lowest BCUT2D eigenvalue weighted by atomic mass is 10.2. The molecule has 0 unspecified atom stereocenters. The van der Waals surface area contributed by atoms with Gasteiger partial charge in [-0.25, -0.2) is 4.79 Å². The number of hydrogen-bond donors (Lipinski definition) is 2. The van der Waals surface area contributed by atoms with Gasteiger partial charge >= 0.3 is 5.97 Å². The van der Waals surface area contributed by atoms with E-state index in [2.05, 4.69) is 10.4 Å². The molecule has 1 aromatic heterocycles. The molecule has 0 aliphatic heterocycles. The zero-order valence-electron chi connectivity index (χ0n) is 11.8. The molecule has 2 N–H and O–H groups in total. The fourth-order valence-corrected chi connectivity index (χ4v) is 2.18. The van der Waals surface area contributed by atoms with Gasteiger partial charge in [0, 0.05) is 24.5 Å². The summed E-state index contributed by atoms with van der Waals surface area (Å²) in [7, 11) is 0. The molecule has 1 aromatic carbocycles. The molecule has 1 heterocycles. The number of rotatable bonds is 6. The fraction of sp³-hybridized carbons (Fsp3) is 0.333. The monoisotopic (exact) mass is 273 g/mol. The van der Waals surface area contributed by atoms with Crippen molar-refractivity contribution in [2.45, 2.75) is 26.8 Å². The first-order valence-electron chi connectivity index (χ1n) is 6.65. The summed E-state index contributed by atoms with van der Waals surface area (Å²) in [4.78, 5) is 11.1. The molecule has 2 aromatic rings. The van der Waals surface area contributed by atoms with Gasteiger partial charge in [0.2, 0.25) is 0 Å². The van der Waals surface area contributed by atoms with Gasteiger partial charge < -0.3 is 10.4 Å².